The number of hydrogen-bond donors (Lipinski definition) is 7. The Labute approximate surface area is 161 Å². The van der Waals surface area contributed by atoms with Crippen molar-refractivity contribution >= 4 is 24.2 Å². The van der Waals surface area contributed by atoms with Gasteiger partial charge >= 0.3 is 5.97 Å². The third-order valence-electron chi connectivity index (χ3n) is 3.86. The first kappa shape index (κ1) is 25.7. The van der Waals surface area contributed by atoms with Crippen molar-refractivity contribution in [3.05, 3.63) is 0 Å². The lowest BCUT2D eigenvalue weighted by atomic mass is 10.1. The van der Waals surface area contributed by atoms with E-state index in [1.807, 2.05) is 0 Å². The number of carbonyl (C=O) groups is 4. The predicted octanol–water partition coefficient (Wildman–Crippen LogP) is -2.78. The molecular weight excluding hydrogens is 378 g/mol. The largest absolute Gasteiger partial charge is 0.480 e. The van der Waals surface area contributed by atoms with Crippen molar-refractivity contribution in [1.29, 1.82) is 0 Å². The molecule has 0 radical (unpaired) electrons. The standard InChI is InChI=1S/C15H29N5O8/c1-9(22)12(14(24)20(28)7-3-5-11(17)15(25)26)18-13(23)10(16)4-2-6-19(27)8-21/h8-12,22,27-28H,2-7,16-17H2,1H3,(H,18,23)(H,25,26)/t9-,10-,11+,12-/m1/s1. The number of nitrogens with zero attached hydrogens (tertiary/aromatic N) is 2. The number of nitrogens with two attached hydrogens (primary N) is 2. The van der Waals surface area contributed by atoms with Gasteiger partial charge in [-0.05, 0) is 32.6 Å². The van der Waals surface area contributed by atoms with Gasteiger partial charge in [0.25, 0.3) is 5.91 Å². The average molecular weight is 407 g/mol. The minimum atomic E-state index is -1.47. The van der Waals surface area contributed by atoms with Crippen LogP contribution in [-0.2, 0) is 19.2 Å². The van der Waals surface area contributed by atoms with Crippen LogP contribution in [0.5, 0.6) is 0 Å². The van der Waals surface area contributed by atoms with Crippen LogP contribution in [0.2, 0.25) is 0 Å². The van der Waals surface area contributed by atoms with Crippen molar-refractivity contribution in [2.24, 2.45) is 11.5 Å². The van der Waals surface area contributed by atoms with Crippen LogP contribution in [0, 0.1) is 0 Å². The van der Waals surface area contributed by atoms with Crippen molar-refractivity contribution in [2.75, 3.05) is 13.1 Å². The maximum Gasteiger partial charge on any atom is 0.320 e. The van der Waals surface area contributed by atoms with Gasteiger partial charge in [-0.1, -0.05) is 0 Å². The van der Waals surface area contributed by atoms with Crippen molar-refractivity contribution in [2.45, 2.75) is 56.8 Å². The van der Waals surface area contributed by atoms with Crippen molar-refractivity contribution in [3.63, 3.8) is 0 Å². The Kier molecular flexibility index (Phi) is 11.9. The highest BCUT2D eigenvalue weighted by atomic mass is 16.5. The van der Waals surface area contributed by atoms with Crippen LogP contribution in [0.3, 0.4) is 0 Å². The topological polar surface area (TPSA) is 220 Å². The molecule has 0 saturated heterocycles. The normalized spacial score (nSPS) is 15.1. The molecule has 0 aliphatic heterocycles. The summed E-state index contributed by atoms with van der Waals surface area (Å²) >= 11 is 0. The van der Waals surface area contributed by atoms with E-state index in [1.165, 1.54) is 6.92 Å². The fourth-order valence-corrected chi connectivity index (χ4v) is 2.16. The minimum absolute atomic E-state index is 0.0128. The predicted molar refractivity (Wildman–Crippen MR) is 93.7 cm³/mol. The molecule has 9 N–H and O–H groups in total. The summed E-state index contributed by atoms with van der Waals surface area (Å²) < 4.78 is 0. The zero-order valence-corrected chi connectivity index (χ0v) is 15.6. The molecule has 0 bridgehead atoms. The first-order valence-electron chi connectivity index (χ1n) is 8.64. The Morgan fingerprint density at radius 2 is 1.61 bits per heavy atom. The van der Waals surface area contributed by atoms with E-state index < -0.39 is 42.0 Å². The van der Waals surface area contributed by atoms with E-state index in [1.54, 1.807) is 0 Å². The molecule has 28 heavy (non-hydrogen) atoms. The number of carboxylic acids is 1. The minimum Gasteiger partial charge on any atom is -0.480 e. The fraction of sp³-hybridized carbons (Fsp3) is 0.733. The van der Waals surface area contributed by atoms with Gasteiger partial charge in [0, 0.05) is 13.1 Å². The summed E-state index contributed by atoms with van der Waals surface area (Å²) in [6, 6.07) is -3.68. The molecule has 3 amide bonds. The molecule has 0 rings (SSSR count). The van der Waals surface area contributed by atoms with Crippen LogP contribution >= 0.6 is 0 Å². The average Bonchev–Trinajstić information content (AvgIpc) is 2.64. The fourth-order valence-electron chi connectivity index (χ4n) is 2.16. The number of carbonyl (C=O) groups excluding carboxylic acids is 3. The molecule has 0 aromatic rings. The van der Waals surface area contributed by atoms with Crippen molar-refractivity contribution < 1.29 is 39.8 Å². The molecule has 0 fully saturated rings. The zero-order chi connectivity index (χ0) is 21.9. The summed E-state index contributed by atoms with van der Waals surface area (Å²) in [4.78, 5) is 45.2. The molecular formula is C15H29N5O8. The summed E-state index contributed by atoms with van der Waals surface area (Å²) in [5.41, 5.74) is 11.0. The number of nitrogens with one attached hydrogen (secondary N) is 1. The number of rotatable bonds is 14. The SMILES string of the molecule is C[C@@H](O)[C@@H](NC(=O)[C@H](N)CCCN(O)C=O)C(=O)N(O)CCC[C@H](N)C(=O)O. The van der Waals surface area contributed by atoms with Crippen LogP contribution < -0.4 is 16.8 Å². The molecule has 0 aliphatic carbocycles. The summed E-state index contributed by atoms with van der Waals surface area (Å²) in [6.07, 6.45) is -0.737. The van der Waals surface area contributed by atoms with Crippen LogP contribution in [0.15, 0.2) is 0 Å². The third-order valence-corrected chi connectivity index (χ3v) is 3.86. The Balaban J connectivity index is 4.61. The van der Waals surface area contributed by atoms with E-state index in [9.17, 15) is 29.5 Å². The Morgan fingerprint density at radius 1 is 1.07 bits per heavy atom. The first-order valence-corrected chi connectivity index (χ1v) is 8.64. The van der Waals surface area contributed by atoms with Gasteiger partial charge in [0.1, 0.15) is 12.1 Å². The van der Waals surface area contributed by atoms with Gasteiger partial charge in [0.05, 0.1) is 12.1 Å². The smallest absolute Gasteiger partial charge is 0.320 e. The highest BCUT2D eigenvalue weighted by molar-refractivity contribution is 5.89. The summed E-state index contributed by atoms with van der Waals surface area (Å²) in [5, 5.41) is 40.1. The number of carboxylic acid groups (broad SMARTS) is 1. The summed E-state index contributed by atoms with van der Waals surface area (Å²) in [6.45, 7) is 0.950. The second kappa shape index (κ2) is 13.0. The monoisotopic (exact) mass is 407 g/mol. The molecule has 0 aliphatic rings. The lowest BCUT2D eigenvalue weighted by Crippen LogP contribution is -2.56. The van der Waals surface area contributed by atoms with Gasteiger partial charge in [-0.3, -0.25) is 29.6 Å². The van der Waals surface area contributed by atoms with Gasteiger partial charge in [0.15, 0.2) is 0 Å². The molecule has 13 nitrogen and oxygen atoms in total. The van der Waals surface area contributed by atoms with E-state index >= 15 is 0 Å². The molecule has 13 heteroatoms. The highest BCUT2D eigenvalue weighted by Crippen LogP contribution is 2.04. The second-order valence-electron chi connectivity index (χ2n) is 6.29. The number of hydroxylamine groups is 4. The number of aliphatic hydroxyl groups is 1. The molecule has 0 heterocycles. The van der Waals surface area contributed by atoms with Gasteiger partial charge in [-0.2, -0.15) is 0 Å². The molecule has 0 spiro atoms. The molecule has 0 aromatic heterocycles. The first-order chi connectivity index (χ1) is 13.0. The van der Waals surface area contributed by atoms with E-state index in [-0.39, 0.29) is 50.2 Å². The van der Waals surface area contributed by atoms with Gasteiger partial charge in [0.2, 0.25) is 12.3 Å². The van der Waals surface area contributed by atoms with E-state index in [0.29, 0.717) is 5.06 Å². The quantitative estimate of drug-likeness (QED) is 0.0891. The molecule has 0 unspecified atom stereocenters. The van der Waals surface area contributed by atoms with E-state index in [2.05, 4.69) is 5.32 Å². The lowest BCUT2D eigenvalue weighted by molar-refractivity contribution is -0.171. The number of aliphatic hydroxyl groups excluding tert-OH is 1. The number of amides is 3. The van der Waals surface area contributed by atoms with E-state index in [0.717, 1.165) is 0 Å². The van der Waals surface area contributed by atoms with Crippen LogP contribution in [0.25, 0.3) is 0 Å². The van der Waals surface area contributed by atoms with Crippen LogP contribution in [-0.4, -0.2) is 92.3 Å². The molecule has 0 aromatic carbocycles. The second-order valence-corrected chi connectivity index (χ2v) is 6.29. The molecule has 162 valence electrons. The Morgan fingerprint density at radius 3 is 2.11 bits per heavy atom. The van der Waals surface area contributed by atoms with Crippen LogP contribution in [0.4, 0.5) is 0 Å². The summed E-state index contributed by atoms with van der Waals surface area (Å²) in [5.74, 6) is -2.98. The zero-order valence-electron chi connectivity index (χ0n) is 15.6. The van der Waals surface area contributed by atoms with Gasteiger partial charge in [-0.25, -0.2) is 10.1 Å². The Hall–Kier alpha value is -2.32. The van der Waals surface area contributed by atoms with Gasteiger partial charge in [-0.15, -0.1) is 0 Å². The molecule has 0 saturated carbocycles. The number of aliphatic carboxylic acids is 1. The molecule has 4 atom stereocenters. The maximum atomic E-state index is 12.2. The van der Waals surface area contributed by atoms with E-state index in [4.69, 9.17) is 21.8 Å². The number of hydrogen-bond acceptors (Lipinski definition) is 9. The maximum absolute atomic E-state index is 12.2. The van der Waals surface area contributed by atoms with Crippen molar-refractivity contribution in [3.8, 4) is 0 Å². The summed E-state index contributed by atoms with van der Waals surface area (Å²) in [7, 11) is 0. The Bertz CT molecular complexity index is 533. The van der Waals surface area contributed by atoms with Gasteiger partial charge < -0.3 is 27.0 Å². The highest BCUT2D eigenvalue weighted by Gasteiger charge is 2.31. The van der Waals surface area contributed by atoms with Crippen LogP contribution in [0.1, 0.15) is 32.6 Å². The van der Waals surface area contributed by atoms with Crippen molar-refractivity contribution in [1.82, 2.24) is 15.4 Å². The lowest BCUT2D eigenvalue weighted by Gasteiger charge is -2.26. The third kappa shape index (κ3) is 9.57.